The highest BCUT2D eigenvalue weighted by molar-refractivity contribution is 6.06. The first-order chi connectivity index (χ1) is 18.6. The molecular formula is C30H30N4O4. The molecule has 2 aromatic carbocycles. The number of nitrogens with zero attached hydrogens (tertiary/aromatic N) is 4. The van der Waals surface area contributed by atoms with Crippen molar-refractivity contribution >= 4 is 23.2 Å². The van der Waals surface area contributed by atoms with Gasteiger partial charge in [0, 0.05) is 30.5 Å². The lowest BCUT2D eigenvalue weighted by Crippen LogP contribution is -2.30. The minimum atomic E-state index is -0.0169. The summed E-state index contributed by atoms with van der Waals surface area (Å²) in [6, 6.07) is 14.4. The Bertz CT molecular complexity index is 1480. The van der Waals surface area contributed by atoms with E-state index in [0.717, 1.165) is 65.3 Å². The molecule has 1 fully saturated rings. The molecule has 0 saturated carbocycles. The van der Waals surface area contributed by atoms with Gasteiger partial charge in [-0.05, 0) is 60.7 Å². The number of ether oxygens (including phenoxy) is 2. The topological polar surface area (TPSA) is 82.6 Å². The minimum absolute atomic E-state index is 0.0169. The molecule has 4 aromatic rings. The van der Waals surface area contributed by atoms with Gasteiger partial charge >= 0.3 is 0 Å². The normalized spacial score (nSPS) is 16.2. The average molecular weight is 511 g/mol. The smallest absolute Gasteiger partial charge is 0.231 e. The van der Waals surface area contributed by atoms with Crippen LogP contribution in [0.5, 0.6) is 5.75 Å². The molecule has 0 atom stereocenters. The van der Waals surface area contributed by atoms with E-state index in [2.05, 4.69) is 34.5 Å². The van der Waals surface area contributed by atoms with E-state index < -0.39 is 0 Å². The van der Waals surface area contributed by atoms with Gasteiger partial charge in [-0.1, -0.05) is 24.3 Å². The lowest BCUT2D eigenvalue weighted by atomic mass is 10.0. The number of benzene rings is 2. The quantitative estimate of drug-likeness (QED) is 0.332. The van der Waals surface area contributed by atoms with Crippen LogP contribution in [0, 0.1) is 6.92 Å². The monoisotopic (exact) mass is 510 g/mol. The molecule has 1 saturated heterocycles. The first-order valence-corrected chi connectivity index (χ1v) is 12.9. The Kier molecular flexibility index (Phi) is 6.55. The highest BCUT2D eigenvalue weighted by Gasteiger charge is 2.26. The maximum Gasteiger partial charge on any atom is 0.231 e. The van der Waals surface area contributed by atoms with Crippen LogP contribution in [0.25, 0.3) is 22.8 Å². The van der Waals surface area contributed by atoms with Crippen LogP contribution in [0.4, 0.5) is 5.69 Å². The van der Waals surface area contributed by atoms with Crippen LogP contribution in [0.3, 0.4) is 0 Å². The number of anilines is 1. The summed E-state index contributed by atoms with van der Waals surface area (Å²) < 4.78 is 18.7. The Morgan fingerprint density at radius 2 is 1.87 bits per heavy atom. The van der Waals surface area contributed by atoms with Crippen LogP contribution in [0.1, 0.15) is 48.1 Å². The number of methoxy groups -OCH3 is 1. The summed E-state index contributed by atoms with van der Waals surface area (Å²) in [5.41, 5.74) is 5.60. The van der Waals surface area contributed by atoms with E-state index in [1.807, 2.05) is 53.0 Å². The molecule has 4 heterocycles. The first kappa shape index (κ1) is 24.2. The predicted octanol–water partition coefficient (Wildman–Crippen LogP) is 5.68. The van der Waals surface area contributed by atoms with Gasteiger partial charge in [0.2, 0.25) is 11.8 Å². The highest BCUT2D eigenvalue weighted by atomic mass is 16.5. The Morgan fingerprint density at radius 3 is 2.61 bits per heavy atom. The van der Waals surface area contributed by atoms with Crippen LogP contribution >= 0.6 is 0 Å². The lowest BCUT2D eigenvalue weighted by Gasteiger charge is -2.24. The van der Waals surface area contributed by atoms with E-state index in [1.165, 1.54) is 0 Å². The highest BCUT2D eigenvalue weighted by Crippen LogP contribution is 2.37. The number of carbonyl (C=O) groups is 1. The molecule has 0 N–H and O–H groups in total. The predicted molar refractivity (Wildman–Crippen MR) is 145 cm³/mol. The summed E-state index contributed by atoms with van der Waals surface area (Å²) in [4.78, 5) is 20.0. The Balaban J connectivity index is 1.38. The summed E-state index contributed by atoms with van der Waals surface area (Å²) in [5, 5.41) is 4.66. The molecule has 0 radical (unpaired) electrons. The molecule has 194 valence electrons. The third kappa shape index (κ3) is 4.87. The summed E-state index contributed by atoms with van der Waals surface area (Å²) in [6.07, 6.45) is 9.82. The minimum Gasteiger partial charge on any atom is -0.497 e. The van der Waals surface area contributed by atoms with Gasteiger partial charge in [0.15, 0.2) is 0 Å². The van der Waals surface area contributed by atoms with Crippen molar-refractivity contribution in [2.24, 2.45) is 0 Å². The molecule has 6 rings (SSSR count). The summed E-state index contributed by atoms with van der Waals surface area (Å²) in [6.45, 7) is 3.82. The molecule has 2 aromatic heterocycles. The zero-order valence-corrected chi connectivity index (χ0v) is 21.6. The molecule has 2 aliphatic heterocycles. The van der Waals surface area contributed by atoms with Crippen LogP contribution in [0.2, 0.25) is 0 Å². The summed E-state index contributed by atoms with van der Waals surface area (Å²) in [7, 11) is 1.65. The van der Waals surface area contributed by atoms with Crippen molar-refractivity contribution in [2.45, 2.75) is 38.8 Å². The van der Waals surface area contributed by atoms with Crippen molar-refractivity contribution < 1.29 is 18.7 Å². The average Bonchev–Trinajstić information content (AvgIpc) is 3.59. The molecule has 0 spiro atoms. The van der Waals surface area contributed by atoms with Crippen LogP contribution in [-0.2, 0) is 16.1 Å². The van der Waals surface area contributed by atoms with Gasteiger partial charge in [0.05, 0.1) is 44.2 Å². The fraction of sp³-hybridized carbons (Fsp3) is 0.300. The van der Waals surface area contributed by atoms with Crippen molar-refractivity contribution in [1.82, 2.24) is 14.8 Å². The molecule has 2 aliphatic rings. The second-order valence-electron chi connectivity index (χ2n) is 9.78. The van der Waals surface area contributed by atoms with Gasteiger partial charge in [-0.2, -0.15) is 5.10 Å². The first-order valence-electron chi connectivity index (χ1n) is 12.9. The van der Waals surface area contributed by atoms with E-state index in [-0.39, 0.29) is 12.3 Å². The number of hydrogen-bond donors (Lipinski definition) is 0. The second kappa shape index (κ2) is 10.3. The van der Waals surface area contributed by atoms with E-state index in [0.29, 0.717) is 24.2 Å². The van der Waals surface area contributed by atoms with Crippen molar-refractivity contribution in [3.63, 3.8) is 0 Å². The van der Waals surface area contributed by atoms with Crippen molar-refractivity contribution in [2.75, 3.05) is 25.2 Å². The van der Waals surface area contributed by atoms with E-state index in [9.17, 15) is 4.79 Å². The molecule has 38 heavy (non-hydrogen) atoms. The molecule has 8 heteroatoms. The van der Waals surface area contributed by atoms with Gasteiger partial charge in [-0.15, -0.1) is 0 Å². The Morgan fingerprint density at radius 1 is 1.05 bits per heavy atom. The fourth-order valence-electron chi connectivity index (χ4n) is 5.07. The maximum atomic E-state index is 13.7. The standard InChI is InChI=1S/C30H30N4O4/c1-20-16-31-30(38-20)24-13-23-6-5-22(25-17-32-34(19-25)26-9-11-37-12-10-26)14-28(23)33(29(35)15-24)18-21-3-7-27(36-2)8-4-21/h3-8,13-14,16-17,19,26H,9-12,15,18H2,1-2H3. The van der Waals surface area contributed by atoms with Crippen LogP contribution < -0.4 is 9.64 Å². The number of carbonyl (C=O) groups excluding carboxylic acids is 1. The number of aromatic nitrogens is 3. The number of aryl methyl sites for hydroxylation is 1. The molecule has 0 aliphatic carbocycles. The van der Waals surface area contributed by atoms with Crippen molar-refractivity contribution in [1.29, 1.82) is 0 Å². The van der Waals surface area contributed by atoms with Gasteiger partial charge in [-0.25, -0.2) is 4.98 Å². The van der Waals surface area contributed by atoms with Crippen molar-refractivity contribution in [3.8, 4) is 16.9 Å². The second-order valence-corrected chi connectivity index (χ2v) is 9.78. The maximum absolute atomic E-state index is 13.7. The number of fused-ring (bicyclic) bond motifs is 1. The van der Waals surface area contributed by atoms with E-state index in [1.54, 1.807) is 13.3 Å². The van der Waals surface area contributed by atoms with E-state index >= 15 is 0 Å². The number of rotatable bonds is 6. The van der Waals surface area contributed by atoms with Gasteiger partial charge in [0.25, 0.3) is 0 Å². The van der Waals surface area contributed by atoms with Gasteiger partial charge in [0.1, 0.15) is 11.5 Å². The molecule has 0 bridgehead atoms. The molecule has 8 nitrogen and oxygen atoms in total. The Labute approximate surface area is 221 Å². The number of hydrogen-bond acceptors (Lipinski definition) is 6. The zero-order chi connectivity index (χ0) is 26.1. The summed E-state index contributed by atoms with van der Waals surface area (Å²) >= 11 is 0. The third-order valence-electron chi connectivity index (χ3n) is 7.19. The fourth-order valence-corrected chi connectivity index (χ4v) is 5.07. The van der Waals surface area contributed by atoms with Gasteiger partial charge in [-0.3, -0.25) is 9.48 Å². The summed E-state index contributed by atoms with van der Waals surface area (Å²) in [5.74, 6) is 1.96. The van der Waals surface area contributed by atoms with Crippen molar-refractivity contribution in [3.05, 3.63) is 83.8 Å². The van der Waals surface area contributed by atoms with Gasteiger partial charge < -0.3 is 18.8 Å². The zero-order valence-electron chi connectivity index (χ0n) is 21.6. The van der Waals surface area contributed by atoms with Crippen LogP contribution in [0.15, 0.2) is 65.5 Å². The molecular weight excluding hydrogens is 480 g/mol. The number of amides is 1. The Hall–Kier alpha value is -4.17. The molecule has 0 unspecified atom stereocenters. The largest absolute Gasteiger partial charge is 0.497 e. The van der Waals surface area contributed by atoms with Crippen LogP contribution in [-0.4, -0.2) is 41.0 Å². The molecule has 1 amide bonds. The SMILES string of the molecule is COc1ccc(CN2C(=O)CC(c3ncc(C)o3)=Cc3ccc(-c4cnn(C5CCOCC5)c4)cc32)cc1. The number of oxazole rings is 1. The third-order valence-corrected chi connectivity index (χ3v) is 7.19. The van der Waals surface area contributed by atoms with E-state index in [4.69, 9.17) is 13.9 Å². The lowest BCUT2D eigenvalue weighted by molar-refractivity contribution is -0.117.